The van der Waals surface area contributed by atoms with E-state index in [-0.39, 0.29) is 12.0 Å². The molecule has 1 unspecified atom stereocenters. The van der Waals surface area contributed by atoms with Crippen LogP contribution < -0.4 is 0 Å². The van der Waals surface area contributed by atoms with Gasteiger partial charge in [0.2, 0.25) is 5.91 Å². The van der Waals surface area contributed by atoms with Gasteiger partial charge in [-0.15, -0.1) is 0 Å². The van der Waals surface area contributed by atoms with Crippen LogP contribution in [0, 0.1) is 0 Å². The fraction of sp³-hybridized carbons (Fsp3) is 0.667. The smallest absolute Gasteiger partial charge is 0.219 e. The minimum absolute atomic E-state index is 0.0374. The van der Waals surface area contributed by atoms with Crippen LogP contribution in [-0.4, -0.2) is 42.8 Å². The van der Waals surface area contributed by atoms with E-state index in [2.05, 4.69) is 18.2 Å². The Morgan fingerprint density at radius 3 is 2.27 bits per heavy atom. The Morgan fingerprint density at radius 2 is 1.86 bits per heavy atom. The van der Waals surface area contributed by atoms with Crippen molar-refractivity contribution in [2.45, 2.75) is 60.5 Å². The first-order valence-corrected chi connectivity index (χ1v) is 8.23. The quantitative estimate of drug-likeness (QED) is 0.689. The number of hydrogen-bond acceptors (Lipinski definition) is 3. The van der Waals surface area contributed by atoms with E-state index >= 15 is 0 Å². The molecule has 0 N–H and O–H groups in total. The topological polar surface area (TPSA) is 41.9 Å². The van der Waals surface area contributed by atoms with Gasteiger partial charge in [-0.05, 0) is 25.3 Å². The Balaban J connectivity index is 0. The van der Waals surface area contributed by atoms with Crippen LogP contribution in [0.4, 0.5) is 0 Å². The molecule has 0 bridgehead atoms. The Hall–Kier alpha value is -1.42. The minimum atomic E-state index is 0.0374. The molecule has 4 nitrogen and oxygen atoms in total. The van der Waals surface area contributed by atoms with Crippen LogP contribution in [0.15, 0.2) is 29.4 Å². The molecule has 1 rings (SSSR count). The Kier molecular flexibility index (Phi) is 15.1. The fourth-order valence-electron chi connectivity index (χ4n) is 1.83. The highest BCUT2D eigenvalue weighted by Crippen LogP contribution is 2.14. The third-order valence-electron chi connectivity index (χ3n) is 2.75. The van der Waals surface area contributed by atoms with E-state index in [1.165, 1.54) is 0 Å². The normalized spacial score (nSPS) is 16.2. The highest BCUT2D eigenvalue weighted by Gasteiger charge is 2.20. The van der Waals surface area contributed by atoms with Crippen molar-refractivity contribution in [1.29, 1.82) is 0 Å². The van der Waals surface area contributed by atoms with Crippen LogP contribution in [0.1, 0.15) is 54.4 Å². The van der Waals surface area contributed by atoms with Gasteiger partial charge < -0.3 is 9.64 Å². The molecule has 1 amide bonds. The van der Waals surface area contributed by atoms with Gasteiger partial charge >= 0.3 is 0 Å². The maximum atomic E-state index is 11.6. The number of ether oxygens (including phenoxy) is 1. The van der Waals surface area contributed by atoms with E-state index in [1.54, 1.807) is 18.0 Å². The monoisotopic (exact) mass is 310 g/mol. The first-order valence-electron chi connectivity index (χ1n) is 8.23. The lowest BCUT2D eigenvalue weighted by Gasteiger charge is -2.24. The van der Waals surface area contributed by atoms with E-state index in [0.717, 1.165) is 30.7 Å². The Labute approximate surface area is 137 Å². The molecule has 1 saturated heterocycles. The summed E-state index contributed by atoms with van der Waals surface area (Å²) in [5, 5.41) is 0. The number of carbonyl (C=O) groups is 1. The first-order chi connectivity index (χ1) is 10.5. The van der Waals surface area contributed by atoms with Gasteiger partial charge in [-0.2, -0.15) is 0 Å². The van der Waals surface area contributed by atoms with E-state index in [9.17, 15) is 4.79 Å². The molecule has 0 aromatic heterocycles. The van der Waals surface area contributed by atoms with Crippen LogP contribution in [0.5, 0.6) is 0 Å². The average molecular weight is 310 g/mol. The highest BCUT2D eigenvalue weighted by molar-refractivity contribution is 5.81. The zero-order valence-electron chi connectivity index (χ0n) is 15.3. The molecule has 22 heavy (non-hydrogen) atoms. The third-order valence-corrected chi connectivity index (χ3v) is 2.75. The van der Waals surface area contributed by atoms with Gasteiger partial charge in [0.15, 0.2) is 0 Å². The van der Waals surface area contributed by atoms with Gasteiger partial charge in [0.05, 0.1) is 6.10 Å². The van der Waals surface area contributed by atoms with Gasteiger partial charge in [0, 0.05) is 38.5 Å². The second-order valence-electron chi connectivity index (χ2n) is 4.69. The number of allylic oxidation sites excluding steroid dienone is 1. The molecule has 0 spiro atoms. The molecule has 1 fully saturated rings. The lowest BCUT2D eigenvalue weighted by molar-refractivity contribution is -0.129. The second-order valence-corrected chi connectivity index (χ2v) is 4.69. The van der Waals surface area contributed by atoms with Crippen molar-refractivity contribution in [2.75, 3.05) is 19.7 Å². The molecule has 0 aromatic carbocycles. The maximum Gasteiger partial charge on any atom is 0.219 e. The van der Waals surface area contributed by atoms with Crippen molar-refractivity contribution in [2.24, 2.45) is 4.99 Å². The van der Waals surface area contributed by atoms with Crippen molar-refractivity contribution in [1.82, 2.24) is 4.90 Å². The third kappa shape index (κ3) is 11.3. The zero-order chi connectivity index (χ0) is 17.5. The summed E-state index contributed by atoms with van der Waals surface area (Å²) in [5.74, 6) is 0.0374. The Morgan fingerprint density at radius 1 is 1.27 bits per heavy atom. The number of carbonyl (C=O) groups excluding carboxylic acids is 1. The lowest BCUT2D eigenvalue weighted by atomic mass is 10.2. The van der Waals surface area contributed by atoms with E-state index < -0.39 is 0 Å². The molecular weight excluding hydrogens is 276 g/mol. The van der Waals surface area contributed by atoms with Crippen LogP contribution in [-0.2, 0) is 9.53 Å². The van der Waals surface area contributed by atoms with Gasteiger partial charge in [0.1, 0.15) is 0 Å². The molecular formula is C18H34N2O2. The number of nitrogens with zero attached hydrogens (tertiary/aromatic N) is 2. The maximum absolute atomic E-state index is 11.6. The average Bonchev–Trinajstić information content (AvgIpc) is 3.01. The fourth-order valence-corrected chi connectivity index (χ4v) is 1.83. The van der Waals surface area contributed by atoms with Crippen LogP contribution in [0.25, 0.3) is 0 Å². The van der Waals surface area contributed by atoms with Crippen LogP contribution in [0.2, 0.25) is 0 Å². The standard InChI is InChI=1S/C14H22N2O2.2C2H6/c1-11(2)15-8-12(3)9-16(13(4)17)10-14-6-5-7-18-14;2*1-2/h8,14H,1,3,5-7,9-10H2,2,4H3;2*1-2H3. The summed E-state index contributed by atoms with van der Waals surface area (Å²) >= 11 is 0. The predicted molar refractivity (Wildman–Crippen MR) is 96.4 cm³/mol. The summed E-state index contributed by atoms with van der Waals surface area (Å²) < 4.78 is 5.54. The van der Waals surface area contributed by atoms with Gasteiger partial charge in [-0.3, -0.25) is 9.79 Å². The molecule has 0 aromatic rings. The number of rotatable bonds is 6. The summed E-state index contributed by atoms with van der Waals surface area (Å²) in [6.45, 7) is 20.9. The summed E-state index contributed by atoms with van der Waals surface area (Å²) in [6, 6.07) is 0. The molecule has 4 heteroatoms. The Bertz CT molecular complexity index is 356. The summed E-state index contributed by atoms with van der Waals surface area (Å²) in [4.78, 5) is 17.4. The van der Waals surface area contributed by atoms with Gasteiger partial charge in [0.25, 0.3) is 0 Å². The minimum Gasteiger partial charge on any atom is -0.376 e. The highest BCUT2D eigenvalue weighted by atomic mass is 16.5. The SMILES string of the molecule is C=C(C=NC(=C)C)CN(CC1CCCO1)C(C)=O.CC.CC. The lowest BCUT2D eigenvalue weighted by Crippen LogP contribution is -2.37. The van der Waals surface area contributed by atoms with E-state index in [1.807, 2.05) is 34.6 Å². The molecule has 1 aliphatic rings. The molecule has 0 aliphatic carbocycles. The summed E-state index contributed by atoms with van der Waals surface area (Å²) in [7, 11) is 0. The molecule has 0 radical (unpaired) electrons. The van der Waals surface area contributed by atoms with Crippen molar-refractivity contribution in [3.05, 3.63) is 24.4 Å². The molecule has 1 aliphatic heterocycles. The molecule has 0 saturated carbocycles. The summed E-state index contributed by atoms with van der Waals surface area (Å²) in [5.41, 5.74) is 1.52. The van der Waals surface area contributed by atoms with Gasteiger partial charge in [-0.25, -0.2) is 0 Å². The molecule has 1 heterocycles. The van der Waals surface area contributed by atoms with Crippen molar-refractivity contribution < 1.29 is 9.53 Å². The number of aliphatic imine (C=N–C) groups is 1. The second kappa shape index (κ2) is 14.5. The van der Waals surface area contributed by atoms with E-state index in [4.69, 9.17) is 4.74 Å². The van der Waals surface area contributed by atoms with E-state index in [0.29, 0.717) is 13.1 Å². The largest absolute Gasteiger partial charge is 0.376 e. The number of hydrogen-bond donors (Lipinski definition) is 0. The van der Waals surface area contributed by atoms with Gasteiger partial charge in [-0.1, -0.05) is 40.9 Å². The number of amides is 1. The summed E-state index contributed by atoms with van der Waals surface area (Å²) in [6.07, 6.45) is 3.93. The first kappa shape index (κ1) is 22.9. The van der Waals surface area contributed by atoms with Crippen molar-refractivity contribution >= 4 is 12.1 Å². The predicted octanol–water partition coefficient (Wildman–Crippen LogP) is 4.23. The molecule has 128 valence electrons. The zero-order valence-corrected chi connectivity index (χ0v) is 15.3. The molecule has 1 atom stereocenters. The van der Waals surface area contributed by atoms with Crippen molar-refractivity contribution in [3.63, 3.8) is 0 Å². The van der Waals surface area contributed by atoms with Crippen molar-refractivity contribution in [3.8, 4) is 0 Å². The van der Waals surface area contributed by atoms with Crippen LogP contribution >= 0.6 is 0 Å². The van der Waals surface area contributed by atoms with Crippen LogP contribution in [0.3, 0.4) is 0 Å².